The molecule has 0 aliphatic rings. The Morgan fingerprint density at radius 1 is 0.818 bits per heavy atom. The number of aromatic nitrogens is 1. The molecule has 1 heterocycles. The molecule has 1 aromatic heterocycles. The van der Waals surface area contributed by atoms with Crippen LogP contribution in [0.3, 0.4) is 0 Å². The summed E-state index contributed by atoms with van der Waals surface area (Å²) in [6.07, 6.45) is 1.79. The molecule has 0 unspecified atom stereocenters. The number of nitrogens with zero attached hydrogens (tertiary/aromatic N) is 1. The number of amides is 1. The SMILES string of the molecule is Cc1cc(-c2ccc(NC(=O)[C@H](C)c3cccc(-c4ccc(C(=O)O)cc4)c3)cc2)ccn1. The van der Waals surface area contributed by atoms with Crippen LogP contribution in [0.5, 0.6) is 0 Å². The van der Waals surface area contributed by atoms with Crippen molar-refractivity contribution in [3.8, 4) is 22.3 Å². The summed E-state index contributed by atoms with van der Waals surface area (Å²) in [5.41, 5.74) is 6.80. The van der Waals surface area contributed by atoms with Gasteiger partial charge in [-0.25, -0.2) is 4.79 Å². The molecular weight excluding hydrogens is 412 g/mol. The van der Waals surface area contributed by atoms with Crippen LogP contribution in [0.4, 0.5) is 5.69 Å². The van der Waals surface area contributed by atoms with Crippen LogP contribution in [0.25, 0.3) is 22.3 Å². The quantitative estimate of drug-likeness (QED) is 0.379. The molecular formula is C28H24N2O3. The lowest BCUT2D eigenvalue weighted by Crippen LogP contribution is -2.18. The molecule has 0 aliphatic heterocycles. The van der Waals surface area contributed by atoms with Crippen LogP contribution in [0, 0.1) is 6.92 Å². The number of carbonyl (C=O) groups is 2. The van der Waals surface area contributed by atoms with Crippen LogP contribution in [-0.4, -0.2) is 22.0 Å². The number of carboxylic acid groups (broad SMARTS) is 1. The van der Waals surface area contributed by atoms with Gasteiger partial charge in [0.25, 0.3) is 0 Å². The van der Waals surface area contributed by atoms with Crippen LogP contribution in [0.2, 0.25) is 0 Å². The number of carboxylic acids is 1. The number of aryl methyl sites for hydroxylation is 1. The van der Waals surface area contributed by atoms with E-state index in [1.165, 1.54) is 0 Å². The monoisotopic (exact) mass is 436 g/mol. The number of carbonyl (C=O) groups excluding carboxylic acids is 1. The van der Waals surface area contributed by atoms with Crippen molar-refractivity contribution in [1.82, 2.24) is 4.98 Å². The topological polar surface area (TPSA) is 79.3 Å². The number of hydrogen-bond acceptors (Lipinski definition) is 3. The van der Waals surface area contributed by atoms with E-state index < -0.39 is 5.97 Å². The third kappa shape index (κ3) is 5.15. The normalized spacial score (nSPS) is 11.6. The van der Waals surface area contributed by atoms with Gasteiger partial charge in [-0.2, -0.15) is 0 Å². The first-order chi connectivity index (χ1) is 15.9. The molecule has 164 valence electrons. The summed E-state index contributed by atoms with van der Waals surface area (Å²) < 4.78 is 0. The van der Waals surface area contributed by atoms with Crippen LogP contribution in [-0.2, 0) is 4.79 Å². The zero-order valence-corrected chi connectivity index (χ0v) is 18.4. The van der Waals surface area contributed by atoms with E-state index in [1.807, 2.05) is 74.5 Å². The van der Waals surface area contributed by atoms with E-state index in [9.17, 15) is 9.59 Å². The number of pyridine rings is 1. The summed E-state index contributed by atoms with van der Waals surface area (Å²) in [7, 11) is 0. The van der Waals surface area contributed by atoms with Gasteiger partial charge < -0.3 is 10.4 Å². The molecule has 0 saturated carbocycles. The number of hydrogen-bond donors (Lipinski definition) is 2. The molecule has 2 N–H and O–H groups in total. The van der Waals surface area contributed by atoms with Crippen molar-refractivity contribution in [3.05, 3.63) is 108 Å². The second-order valence-corrected chi connectivity index (χ2v) is 7.98. The molecule has 33 heavy (non-hydrogen) atoms. The van der Waals surface area contributed by atoms with E-state index in [1.54, 1.807) is 30.5 Å². The minimum Gasteiger partial charge on any atom is -0.478 e. The molecule has 0 radical (unpaired) electrons. The highest BCUT2D eigenvalue weighted by Gasteiger charge is 2.16. The number of aromatic carboxylic acids is 1. The van der Waals surface area contributed by atoms with E-state index in [0.29, 0.717) is 0 Å². The molecule has 0 aliphatic carbocycles. The molecule has 5 heteroatoms. The van der Waals surface area contributed by atoms with Gasteiger partial charge in [0.1, 0.15) is 0 Å². The van der Waals surface area contributed by atoms with Crippen LogP contribution in [0.1, 0.15) is 34.5 Å². The van der Waals surface area contributed by atoms with Gasteiger partial charge in [-0.15, -0.1) is 0 Å². The highest BCUT2D eigenvalue weighted by atomic mass is 16.4. The zero-order chi connectivity index (χ0) is 23.4. The Balaban J connectivity index is 1.47. The average molecular weight is 437 g/mol. The van der Waals surface area contributed by atoms with Gasteiger partial charge in [0.15, 0.2) is 0 Å². The van der Waals surface area contributed by atoms with Gasteiger partial charge in [0.05, 0.1) is 11.5 Å². The largest absolute Gasteiger partial charge is 0.478 e. The van der Waals surface area contributed by atoms with Gasteiger partial charge in [-0.3, -0.25) is 9.78 Å². The molecule has 0 bridgehead atoms. The van der Waals surface area contributed by atoms with Crippen LogP contribution >= 0.6 is 0 Å². The standard InChI is InChI=1S/C28H24N2O3/c1-18-16-25(14-15-29-18)21-10-12-26(13-11-21)30-27(31)19(2)23-4-3-5-24(17-23)20-6-8-22(9-7-20)28(32)33/h3-17,19H,1-2H3,(H,30,31)(H,32,33)/t19-/m1/s1. The molecule has 4 aromatic rings. The lowest BCUT2D eigenvalue weighted by atomic mass is 9.95. The van der Waals surface area contributed by atoms with Crippen molar-refractivity contribution in [2.75, 3.05) is 5.32 Å². The molecule has 4 rings (SSSR count). The van der Waals surface area contributed by atoms with E-state index in [2.05, 4.69) is 10.3 Å². The average Bonchev–Trinajstić information content (AvgIpc) is 2.84. The summed E-state index contributed by atoms with van der Waals surface area (Å²) >= 11 is 0. The Morgan fingerprint density at radius 3 is 2.09 bits per heavy atom. The molecule has 1 amide bonds. The highest BCUT2D eigenvalue weighted by molar-refractivity contribution is 5.96. The van der Waals surface area contributed by atoms with Gasteiger partial charge in [-0.05, 0) is 78.1 Å². The maximum Gasteiger partial charge on any atom is 0.335 e. The van der Waals surface area contributed by atoms with Crippen molar-refractivity contribution >= 4 is 17.6 Å². The highest BCUT2D eigenvalue weighted by Crippen LogP contribution is 2.26. The number of benzene rings is 3. The molecule has 0 fully saturated rings. The Labute approximate surface area is 192 Å². The van der Waals surface area contributed by atoms with Crippen LogP contribution in [0.15, 0.2) is 91.1 Å². The molecule has 1 atom stereocenters. The third-order valence-electron chi connectivity index (χ3n) is 5.63. The number of anilines is 1. The van der Waals surface area contributed by atoms with Crippen molar-refractivity contribution in [2.24, 2.45) is 0 Å². The van der Waals surface area contributed by atoms with Crippen molar-refractivity contribution in [3.63, 3.8) is 0 Å². The van der Waals surface area contributed by atoms with Gasteiger partial charge in [0, 0.05) is 17.6 Å². The first-order valence-corrected chi connectivity index (χ1v) is 10.7. The molecule has 3 aromatic carbocycles. The van der Waals surface area contributed by atoms with Gasteiger partial charge in [-0.1, -0.05) is 48.5 Å². The summed E-state index contributed by atoms with van der Waals surface area (Å²) in [6.45, 7) is 3.83. The van der Waals surface area contributed by atoms with E-state index in [0.717, 1.165) is 39.2 Å². The van der Waals surface area contributed by atoms with Crippen molar-refractivity contribution in [2.45, 2.75) is 19.8 Å². The zero-order valence-electron chi connectivity index (χ0n) is 18.4. The summed E-state index contributed by atoms with van der Waals surface area (Å²) in [5, 5.41) is 12.1. The Kier molecular flexibility index (Phi) is 6.31. The van der Waals surface area contributed by atoms with E-state index in [-0.39, 0.29) is 17.4 Å². The Hall–Kier alpha value is -4.25. The fourth-order valence-corrected chi connectivity index (χ4v) is 3.67. The minimum absolute atomic E-state index is 0.0964. The minimum atomic E-state index is -0.954. The Bertz CT molecular complexity index is 1300. The molecule has 0 saturated heterocycles. The first-order valence-electron chi connectivity index (χ1n) is 10.7. The maximum atomic E-state index is 12.9. The second kappa shape index (κ2) is 9.49. The Morgan fingerprint density at radius 2 is 1.45 bits per heavy atom. The summed E-state index contributed by atoms with van der Waals surface area (Å²) in [4.78, 5) is 28.2. The van der Waals surface area contributed by atoms with Crippen molar-refractivity contribution in [1.29, 1.82) is 0 Å². The van der Waals surface area contributed by atoms with E-state index >= 15 is 0 Å². The van der Waals surface area contributed by atoms with Gasteiger partial charge >= 0.3 is 5.97 Å². The number of rotatable bonds is 6. The summed E-state index contributed by atoms with van der Waals surface area (Å²) in [6, 6.07) is 26.2. The third-order valence-corrected chi connectivity index (χ3v) is 5.63. The smallest absolute Gasteiger partial charge is 0.335 e. The van der Waals surface area contributed by atoms with Crippen molar-refractivity contribution < 1.29 is 14.7 Å². The second-order valence-electron chi connectivity index (χ2n) is 7.98. The fraction of sp³-hybridized carbons (Fsp3) is 0.107. The fourth-order valence-electron chi connectivity index (χ4n) is 3.67. The number of nitrogens with one attached hydrogen (secondary N) is 1. The van der Waals surface area contributed by atoms with E-state index in [4.69, 9.17) is 5.11 Å². The first kappa shape index (κ1) is 22.0. The summed E-state index contributed by atoms with van der Waals surface area (Å²) in [5.74, 6) is -1.41. The maximum absolute atomic E-state index is 12.9. The molecule has 5 nitrogen and oxygen atoms in total. The lowest BCUT2D eigenvalue weighted by Gasteiger charge is -2.14. The molecule has 0 spiro atoms. The predicted octanol–water partition coefficient (Wildman–Crippen LogP) is 6.16. The van der Waals surface area contributed by atoms with Crippen LogP contribution < -0.4 is 5.32 Å². The van der Waals surface area contributed by atoms with Gasteiger partial charge in [0.2, 0.25) is 5.91 Å². The lowest BCUT2D eigenvalue weighted by molar-refractivity contribution is -0.117. The predicted molar refractivity (Wildman–Crippen MR) is 130 cm³/mol.